The van der Waals surface area contributed by atoms with Crippen molar-refractivity contribution < 1.29 is 4.79 Å². The Balaban J connectivity index is 1.81. The van der Waals surface area contributed by atoms with Gasteiger partial charge in [-0.25, -0.2) is 0 Å². The fourth-order valence-corrected chi connectivity index (χ4v) is 4.16. The van der Waals surface area contributed by atoms with Crippen LogP contribution in [0.5, 0.6) is 0 Å². The van der Waals surface area contributed by atoms with E-state index in [1.165, 1.54) is 6.20 Å². The molecule has 0 atom stereocenters. The zero-order valence-corrected chi connectivity index (χ0v) is 17.4. The fraction of sp³-hybridized carbons (Fsp3) is 0.211. The monoisotopic (exact) mass is 416 g/mol. The number of nitrogens with one attached hydrogen (secondary N) is 2. The summed E-state index contributed by atoms with van der Waals surface area (Å²) < 4.78 is 1.87. The van der Waals surface area contributed by atoms with Crippen LogP contribution in [0.4, 0.5) is 0 Å². The number of benzene rings is 1. The van der Waals surface area contributed by atoms with E-state index < -0.39 is 0 Å². The number of carbonyl (C=O) groups is 1. The summed E-state index contributed by atoms with van der Waals surface area (Å²) >= 11 is 7.88. The van der Waals surface area contributed by atoms with Gasteiger partial charge < -0.3 is 15.6 Å². The Hall–Kier alpha value is -2.71. The van der Waals surface area contributed by atoms with Gasteiger partial charge in [0.15, 0.2) is 0 Å². The number of amides is 1. The molecule has 7 nitrogen and oxygen atoms in total. The highest BCUT2D eigenvalue weighted by Crippen LogP contribution is 2.36. The van der Waals surface area contributed by atoms with Crippen LogP contribution in [-0.4, -0.2) is 40.0 Å². The van der Waals surface area contributed by atoms with Crippen molar-refractivity contribution in [1.82, 2.24) is 20.1 Å². The van der Waals surface area contributed by atoms with Gasteiger partial charge in [0, 0.05) is 35.0 Å². The molecule has 0 fully saturated rings. The third kappa shape index (κ3) is 4.07. The van der Waals surface area contributed by atoms with Crippen molar-refractivity contribution in [2.24, 2.45) is 17.8 Å². The minimum absolute atomic E-state index is 0.174. The summed E-state index contributed by atoms with van der Waals surface area (Å²) in [6, 6.07) is 5.79. The van der Waals surface area contributed by atoms with E-state index >= 15 is 0 Å². The topological polar surface area (TPSA) is 101 Å². The second kappa shape index (κ2) is 8.53. The van der Waals surface area contributed by atoms with Gasteiger partial charge >= 0.3 is 0 Å². The molecule has 0 aliphatic heterocycles. The first-order chi connectivity index (χ1) is 13.4. The number of hydrogen-bond acceptors (Lipinski definition) is 5. The van der Waals surface area contributed by atoms with E-state index in [9.17, 15) is 4.79 Å². The maximum Gasteiger partial charge on any atom is 0.268 e. The van der Waals surface area contributed by atoms with E-state index in [4.69, 9.17) is 17.3 Å². The molecular formula is C19H21ClN6OS. The first-order valence-electron chi connectivity index (χ1n) is 8.53. The summed E-state index contributed by atoms with van der Waals surface area (Å²) in [5.41, 5.74) is 8.46. The summed E-state index contributed by atoms with van der Waals surface area (Å²) in [5.74, 6) is -0.174. The Morgan fingerprint density at radius 1 is 1.46 bits per heavy atom. The number of nitrogens with zero attached hydrogens (tertiary/aromatic N) is 3. The predicted molar refractivity (Wildman–Crippen MR) is 114 cm³/mol. The molecular weight excluding hydrogens is 396 g/mol. The summed E-state index contributed by atoms with van der Waals surface area (Å²) in [4.78, 5) is 18.7. The van der Waals surface area contributed by atoms with Crippen molar-refractivity contribution in [3.05, 3.63) is 53.1 Å². The maximum atomic E-state index is 12.6. The van der Waals surface area contributed by atoms with Crippen LogP contribution in [0, 0.1) is 6.92 Å². The Bertz CT molecular complexity index is 1080. The van der Waals surface area contributed by atoms with Crippen molar-refractivity contribution in [3.8, 4) is 0 Å². The van der Waals surface area contributed by atoms with Gasteiger partial charge in [-0.2, -0.15) is 5.10 Å². The number of fused-ring (bicyclic) bond motifs is 1. The summed E-state index contributed by atoms with van der Waals surface area (Å²) in [5, 5.41) is 11.3. The van der Waals surface area contributed by atoms with E-state index in [1.807, 2.05) is 36.7 Å². The third-order valence-corrected chi connectivity index (χ3v) is 5.83. The van der Waals surface area contributed by atoms with Gasteiger partial charge in [-0.05, 0) is 37.4 Å². The van der Waals surface area contributed by atoms with Gasteiger partial charge in [0.1, 0.15) is 5.69 Å². The van der Waals surface area contributed by atoms with Crippen LogP contribution in [0.2, 0.25) is 5.02 Å². The molecule has 1 amide bonds. The lowest BCUT2D eigenvalue weighted by molar-refractivity contribution is 0.0951. The second-order valence-corrected chi connectivity index (χ2v) is 7.66. The van der Waals surface area contributed by atoms with Crippen molar-refractivity contribution in [1.29, 1.82) is 0 Å². The summed E-state index contributed by atoms with van der Waals surface area (Å²) in [7, 11) is 3.53. The number of H-pyrrole nitrogens is 1. The lowest BCUT2D eigenvalue weighted by atomic mass is 10.2. The number of halogens is 1. The number of aromatic nitrogens is 3. The lowest BCUT2D eigenvalue weighted by Gasteiger charge is -2.07. The molecule has 9 heteroatoms. The smallest absolute Gasteiger partial charge is 0.268 e. The van der Waals surface area contributed by atoms with E-state index in [-0.39, 0.29) is 5.91 Å². The van der Waals surface area contributed by atoms with E-state index in [0.717, 1.165) is 26.4 Å². The number of aliphatic imine (C=N–C) groups is 1. The lowest BCUT2D eigenvalue weighted by Crippen LogP contribution is -2.30. The molecule has 0 saturated heterocycles. The van der Waals surface area contributed by atoms with E-state index in [0.29, 0.717) is 23.0 Å². The number of carbonyl (C=O) groups excluding carboxylic acids is 1. The highest BCUT2D eigenvalue weighted by molar-refractivity contribution is 7.99. The zero-order valence-electron chi connectivity index (χ0n) is 15.8. The molecule has 0 unspecified atom stereocenters. The molecule has 0 aliphatic rings. The van der Waals surface area contributed by atoms with Crippen molar-refractivity contribution in [3.63, 3.8) is 0 Å². The van der Waals surface area contributed by atoms with Crippen molar-refractivity contribution >= 4 is 45.9 Å². The summed E-state index contributed by atoms with van der Waals surface area (Å²) in [6.45, 7) is 2.29. The van der Waals surface area contributed by atoms with Gasteiger partial charge in [-0.1, -0.05) is 23.4 Å². The first kappa shape index (κ1) is 20.0. The molecule has 3 aromatic rings. The molecule has 2 heterocycles. The molecule has 2 aromatic heterocycles. The molecule has 3 rings (SSSR count). The third-order valence-electron chi connectivity index (χ3n) is 4.43. The number of nitrogens with two attached hydrogens (primary N) is 1. The highest BCUT2D eigenvalue weighted by Gasteiger charge is 2.17. The Morgan fingerprint density at radius 2 is 2.25 bits per heavy atom. The van der Waals surface area contributed by atoms with Crippen LogP contribution in [0.25, 0.3) is 10.9 Å². The molecule has 0 saturated carbocycles. The average molecular weight is 417 g/mol. The minimum atomic E-state index is -0.174. The van der Waals surface area contributed by atoms with Crippen LogP contribution in [0.15, 0.2) is 51.5 Å². The average Bonchev–Trinajstić information content (AvgIpc) is 3.25. The van der Waals surface area contributed by atoms with Gasteiger partial charge in [-0.3, -0.25) is 14.9 Å². The standard InChI is InChI=1S/C19H21ClN6OS/c1-11-17(28-14-6-12-9-24-25-18(12)15(20)7-14)8-16(26(11)3)19(27)23-10-13(22-2)4-5-21/h4-9H,10,21H2,1-3H3,(H,23,27)(H,24,25)/b5-4-,22-13?. The normalized spacial score (nSPS) is 12.2. The fourth-order valence-electron chi connectivity index (χ4n) is 2.75. The molecule has 1 aromatic carbocycles. The Morgan fingerprint density at radius 3 is 2.96 bits per heavy atom. The first-order valence-corrected chi connectivity index (χ1v) is 9.73. The molecule has 0 spiro atoms. The van der Waals surface area contributed by atoms with Crippen LogP contribution in [-0.2, 0) is 7.05 Å². The minimum Gasteiger partial charge on any atom is -0.405 e. The van der Waals surface area contributed by atoms with Crippen LogP contribution < -0.4 is 11.1 Å². The van der Waals surface area contributed by atoms with Crippen LogP contribution in [0.1, 0.15) is 16.2 Å². The number of rotatable bonds is 6. The molecule has 0 radical (unpaired) electrons. The quantitative estimate of drug-likeness (QED) is 0.536. The van der Waals surface area contributed by atoms with Gasteiger partial charge in [-0.15, -0.1) is 0 Å². The van der Waals surface area contributed by atoms with Crippen LogP contribution in [0.3, 0.4) is 0 Å². The molecule has 146 valence electrons. The number of hydrogen-bond donors (Lipinski definition) is 3. The number of aromatic amines is 1. The predicted octanol–water partition coefficient (Wildman–Crippen LogP) is 3.29. The molecule has 4 N–H and O–H groups in total. The van der Waals surface area contributed by atoms with E-state index in [2.05, 4.69) is 20.5 Å². The van der Waals surface area contributed by atoms with Gasteiger partial charge in [0.2, 0.25) is 0 Å². The van der Waals surface area contributed by atoms with Crippen LogP contribution >= 0.6 is 23.4 Å². The largest absolute Gasteiger partial charge is 0.405 e. The molecule has 28 heavy (non-hydrogen) atoms. The van der Waals surface area contributed by atoms with Crippen molar-refractivity contribution in [2.75, 3.05) is 13.6 Å². The Kier molecular flexibility index (Phi) is 6.11. The highest BCUT2D eigenvalue weighted by atomic mass is 35.5. The molecule has 0 aliphatic carbocycles. The van der Waals surface area contributed by atoms with E-state index in [1.54, 1.807) is 31.1 Å². The Labute approximate surface area is 172 Å². The summed E-state index contributed by atoms with van der Waals surface area (Å²) in [6.07, 6.45) is 4.80. The molecule has 0 bridgehead atoms. The van der Waals surface area contributed by atoms with Gasteiger partial charge in [0.25, 0.3) is 5.91 Å². The SMILES string of the molecule is CN=C(/C=C\N)CNC(=O)c1cc(Sc2cc(Cl)c3[nH]ncc3c2)c(C)n1C. The van der Waals surface area contributed by atoms with Gasteiger partial charge in [0.05, 0.1) is 29.0 Å². The zero-order chi connectivity index (χ0) is 20.3. The maximum absolute atomic E-state index is 12.6. The van der Waals surface area contributed by atoms with Crippen molar-refractivity contribution in [2.45, 2.75) is 16.7 Å². The second-order valence-electron chi connectivity index (χ2n) is 6.14.